The van der Waals surface area contributed by atoms with Gasteiger partial charge in [-0.15, -0.1) is 5.54 Å². The number of hydrogen-bond acceptors (Lipinski definition) is 1. The summed E-state index contributed by atoms with van der Waals surface area (Å²) in [7, 11) is -1.24. The summed E-state index contributed by atoms with van der Waals surface area (Å²) in [6, 6.07) is 15.0. The van der Waals surface area contributed by atoms with E-state index in [-0.39, 0.29) is 0 Å². The fraction of sp³-hybridized carbons (Fsp3) is 0.263. The highest BCUT2D eigenvalue weighted by molar-refractivity contribution is 6.83. The maximum Gasteiger partial charge on any atom is 0.129 e. The molecule has 21 heavy (non-hydrogen) atoms. The van der Waals surface area contributed by atoms with E-state index in [0.717, 1.165) is 13.1 Å². The van der Waals surface area contributed by atoms with Crippen LogP contribution >= 0.6 is 0 Å². The van der Waals surface area contributed by atoms with Crippen LogP contribution in [0.2, 0.25) is 19.6 Å². The van der Waals surface area contributed by atoms with Gasteiger partial charge in [-0.1, -0.05) is 74.1 Å². The highest BCUT2D eigenvalue weighted by Crippen LogP contribution is 2.17. The third-order valence-electron chi connectivity index (χ3n) is 3.11. The molecule has 0 aromatic heterocycles. The van der Waals surface area contributed by atoms with E-state index in [1.165, 1.54) is 16.3 Å². The Balaban J connectivity index is 1.88. The molecule has 108 valence electrons. The molecule has 0 heterocycles. The summed E-state index contributed by atoms with van der Waals surface area (Å²) < 4.78 is 0. The number of nitrogens with one attached hydrogen (secondary N) is 1. The normalized spacial score (nSPS) is 11.6. The smallest absolute Gasteiger partial charge is 0.129 e. The van der Waals surface area contributed by atoms with E-state index in [0.29, 0.717) is 0 Å². The van der Waals surface area contributed by atoms with Crippen molar-refractivity contribution >= 4 is 18.8 Å². The van der Waals surface area contributed by atoms with E-state index >= 15 is 0 Å². The minimum Gasteiger partial charge on any atom is -0.309 e. The van der Waals surface area contributed by atoms with E-state index in [1.807, 2.05) is 6.08 Å². The van der Waals surface area contributed by atoms with Crippen molar-refractivity contribution in [3.63, 3.8) is 0 Å². The van der Waals surface area contributed by atoms with Crippen molar-refractivity contribution < 1.29 is 0 Å². The number of rotatable bonds is 4. The van der Waals surface area contributed by atoms with Crippen molar-refractivity contribution in [3.8, 4) is 11.5 Å². The van der Waals surface area contributed by atoms with Crippen LogP contribution in [0.1, 0.15) is 5.56 Å². The van der Waals surface area contributed by atoms with Gasteiger partial charge in [0.1, 0.15) is 8.07 Å². The lowest BCUT2D eigenvalue weighted by Crippen LogP contribution is -2.16. The molecule has 0 fully saturated rings. The molecule has 1 N–H and O–H groups in total. The average Bonchev–Trinajstić information content (AvgIpc) is 2.45. The molecule has 0 bridgehead atoms. The van der Waals surface area contributed by atoms with Crippen molar-refractivity contribution in [1.82, 2.24) is 5.32 Å². The number of benzene rings is 2. The summed E-state index contributed by atoms with van der Waals surface area (Å²) in [4.78, 5) is 0. The number of fused-ring (bicyclic) bond motifs is 1. The Kier molecular flexibility index (Phi) is 5.38. The lowest BCUT2D eigenvalue weighted by Gasteiger charge is -2.06. The summed E-state index contributed by atoms with van der Waals surface area (Å²) in [5.41, 5.74) is 4.67. The second kappa shape index (κ2) is 7.26. The fourth-order valence-electron chi connectivity index (χ4n) is 2.11. The Hall–Kier alpha value is -1.82. The molecule has 2 aromatic carbocycles. The fourth-order valence-corrected chi connectivity index (χ4v) is 2.63. The van der Waals surface area contributed by atoms with Crippen LogP contribution in [0.15, 0.2) is 54.6 Å². The van der Waals surface area contributed by atoms with E-state index < -0.39 is 8.07 Å². The Bertz CT molecular complexity index is 679. The minimum absolute atomic E-state index is 0.851. The molecule has 0 radical (unpaired) electrons. The van der Waals surface area contributed by atoms with Crippen molar-refractivity contribution in [1.29, 1.82) is 0 Å². The molecule has 2 aromatic rings. The molecular formula is C19H23NSi. The van der Waals surface area contributed by atoms with Gasteiger partial charge in [0.05, 0.1) is 0 Å². The van der Waals surface area contributed by atoms with Crippen LogP contribution in [0, 0.1) is 11.5 Å². The van der Waals surface area contributed by atoms with Crippen molar-refractivity contribution in [2.24, 2.45) is 0 Å². The van der Waals surface area contributed by atoms with E-state index in [9.17, 15) is 0 Å². The zero-order valence-corrected chi connectivity index (χ0v) is 14.1. The molecule has 2 heteroatoms. The molecule has 0 aliphatic rings. The summed E-state index contributed by atoms with van der Waals surface area (Å²) in [6.45, 7) is 8.50. The lowest BCUT2D eigenvalue weighted by atomic mass is 10.0. The minimum atomic E-state index is -1.24. The molecule has 1 nitrogen and oxygen atoms in total. The van der Waals surface area contributed by atoms with Gasteiger partial charge < -0.3 is 5.32 Å². The molecule has 0 atom stereocenters. The SMILES string of the molecule is C[Si](C)(C)C#CC=CCNCc1cccc2ccccc12. The highest BCUT2D eigenvalue weighted by atomic mass is 28.3. The van der Waals surface area contributed by atoms with Crippen LogP contribution in [0.25, 0.3) is 10.8 Å². The maximum absolute atomic E-state index is 3.45. The first-order valence-corrected chi connectivity index (χ1v) is 10.9. The van der Waals surface area contributed by atoms with E-state index in [1.54, 1.807) is 0 Å². The van der Waals surface area contributed by atoms with Crippen LogP contribution < -0.4 is 5.32 Å². The van der Waals surface area contributed by atoms with Gasteiger partial charge in [-0.2, -0.15) is 0 Å². The molecule has 0 amide bonds. The first kappa shape index (κ1) is 15.6. The largest absolute Gasteiger partial charge is 0.309 e. The number of hydrogen-bond donors (Lipinski definition) is 1. The van der Waals surface area contributed by atoms with Gasteiger partial charge in [0.2, 0.25) is 0 Å². The Morgan fingerprint density at radius 2 is 1.81 bits per heavy atom. The second-order valence-corrected chi connectivity index (χ2v) is 10.9. The van der Waals surface area contributed by atoms with Gasteiger partial charge in [-0.05, 0) is 22.4 Å². The topological polar surface area (TPSA) is 12.0 Å². The standard InChI is InChI=1S/C19H23NSi/c1-21(2,3)15-8-4-7-14-20-16-18-12-9-11-17-10-5-6-13-19(17)18/h4-7,9-13,20H,14,16H2,1-3H3. The molecule has 0 saturated heterocycles. The van der Waals surface area contributed by atoms with Crippen LogP contribution in [0.5, 0.6) is 0 Å². The van der Waals surface area contributed by atoms with Gasteiger partial charge in [-0.25, -0.2) is 0 Å². The van der Waals surface area contributed by atoms with Gasteiger partial charge >= 0.3 is 0 Å². The summed E-state index contributed by atoms with van der Waals surface area (Å²) in [5.74, 6) is 3.14. The third kappa shape index (κ3) is 5.22. The molecular weight excluding hydrogens is 270 g/mol. The molecule has 0 saturated carbocycles. The first-order valence-electron chi connectivity index (χ1n) is 7.41. The Morgan fingerprint density at radius 1 is 1.05 bits per heavy atom. The average molecular weight is 293 g/mol. The zero-order valence-electron chi connectivity index (χ0n) is 13.1. The van der Waals surface area contributed by atoms with Crippen LogP contribution in [0.3, 0.4) is 0 Å². The molecule has 0 spiro atoms. The predicted molar refractivity (Wildman–Crippen MR) is 95.9 cm³/mol. The van der Waals surface area contributed by atoms with Crippen LogP contribution in [-0.4, -0.2) is 14.6 Å². The quantitative estimate of drug-likeness (QED) is 0.501. The van der Waals surface area contributed by atoms with Crippen LogP contribution in [-0.2, 0) is 6.54 Å². The van der Waals surface area contributed by atoms with Gasteiger partial charge in [-0.3, -0.25) is 0 Å². The number of allylic oxidation sites excluding steroid dienone is 1. The lowest BCUT2D eigenvalue weighted by molar-refractivity contribution is 0.764. The zero-order chi connectivity index (χ0) is 15.1. The Morgan fingerprint density at radius 3 is 2.62 bits per heavy atom. The van der Waals surface area contributed by atoms with Crippen molar-refractivity contribution in [2.45, 2.75) is 26.2 Å². The molecule has 0 unspecified atom stereocenters. The Labute approximate surface area is 129 Å². The second-order valence-electron chi connectivity index (χ2n) is 6.19. The summed E-state index contributed by atoms with van der Waals surface area (Å²) >= 11 is 0. The summed E-state index contributed by atoms with van der Waals surface area (Å²) in [5, 5.41) is 6.08. The molecule has 0 aliphatic carbocycles. The van der Waals surface area contributed by atoms with Crippen LogP contribution in [0.4, 0.5) is 0 Å². The molecule has 2 rings (SSSR count). The van der Waals surface area contributed by atoms with Crippen molar-refractivity contribution in [2.75, 3.05) is 6.54 Å². The third-order valence-corrected chi connectivity index (χ3v) is 4.00. The molecule has 0 aliphatic heterocycles. The van der Waals surface area contributed by atoms with Gasteiger partial charge in [0, 0.05) is 13.1 Å². The highest BCUT2D eigenvalue weighted by Gasteiger charge is 2.06. The first-order chi connectivity index (χ1) is 10.1. The monoisotopic (exact) mass is 293 g/mol. The van der Waals surface area contributed by atoms with E-state index in [4.69, 9.17) is 0 Å². The predicted octanol–water partition coefficient (Wildman–Crippen LogP) is 4.37. The van der Waals surface area contributed by atoms with Gasteiger partial charge in [0.15, 0.2) is 0 Å². The van der Waals surface area contributed by atoms with E-state index in [2.05, 4.69) is 85.0 Å². The van der Waals surface area contributed by atoms with Gasteiger partial charge in [0.25, 0.3) is 0 Å². The van der Waals surface area contributed by atoms with Crippen molar-refractivity contribution in [3.05, 3.63) is 60.2 Å². The maximum atomic E-state index is 3.45. The summed E-state index contributed by atoms with van der Waals surface area (Å²) in [6.07, 6.45) is 4.06.